The molecule has 0 bridgehead atoms. The molecule has 0 aliphatic rings. The molecule has 0 aliphatic carbocycles. The highest BCUT2D eigenvalue weighted by atomic mass is 127. The highest BCUT2D eigenvalue weighted by Gasteiger charge is 2.17. The number of benzene rings is 1. The van der Waals surface area contributed by atoms with Crippen LogP contribution < -0.4 is 0 Å². The Bertz CT molecular complexity index is 328. The lowest BCUT2D eigenvalue weighted by molar-refractivity contribution is -0.136. The molecule has 0 fully saturated rings. The lowest BCUT2D eigenvalue weighted by Gasteiger charge is -2.10. The van der Waals surface area contributed by atoms with Crippen molar-refractivity contribution in [2.24, 2.45) is 0 Å². The highest BCUT2D eigenvalue weighted by Crippen LogP contribution is 2.29. The fourth-order valence-corrected chi connectivity index (χ4v) is 2.68. The summed E-state index contributed by atoms with van der Waals surface area (Å²) in [5.74, 6) is -0.739. The molecule has 1 N–H and O–H groups in total. The molecule has 1 aromatic carbocycles. The Kier molecular flexibility index (Phi) is 4.74. The van der Waals surface area contributed by atoms with Gasteiger partial charge in [0.15, 0.2) is 0 Å². The zero-order valence-corrected chi connectivity index (χ0v) is 10.7. The molecule has 1 aromatic rings. The molecule has 4 heteroatoms. The molecule has 76 valence electrons. The largest absolute Gasteiger partial charge is 0.480 e. The van der Waals surface area contributed by atoms with Crippen LogP contribution >= 0.6 is 34.4 Å². The van der Waals surface area contributed by atoms with E-state index in [1.807, 2.05) is 31.2 Å². The number of carboxylic acid groups (broad SMARTS) is 1. The van der Waals surface area contributed by atoms with Gasteiger partial charge in [-0.05, 0) is 41.1 Å². The first kappa shape index (κ1) is 11.8. The van der Waals surface area contributed by atoms with Crippen LogP contribution in [0, 0.1) is 3.57 Å². The monoisotopic (exact) mass is 322 g/mol. The van der Waals surface area contributed by atoms with E-state index in [4.69, 9.17) is 5.11 Å². The fraction of sp³-hybridized carbons (Fsp3) is 0.300. The number of aliphatic carboxylic acids is 1. The normalized spacial score (nSPS) is 12.4. The predicted molar refractivity (Wildman–Crippen MR) is 66.7 cm³/mol. The number of carboxylic acids is 1. The fourth-order valence-electron chi connectivity index (χ4n) is 1.00. The zero-order valence-electron chi connectivity index (χ0n) is 7.74. The maximum Gasteiger partial charge on any atom is 0.316 e. The van der Waals surface area contributed by atoms with Crippen molar-refractivity contribution < 1.29 is 9.90 Å². The van der Waals surface area contributed by atoms with E-state index >= 15 is 0 Å². The van der Waals surface area contributed by atoms with Gasteiger partial charge in [-0.1, -0.05) is 19.1 Å². The van der Waals surface area contributed by atoms with Crippen molar-refractivity contribution in [3.05, 3.63) is 27.8 Å². The van der Waals surface area contributed by atoms with Gasteiger partial charge in [-0.2, -0.15) is 0 Å². The number of hydrogen-bond acceptors (Lipinski definition) is 2. The van der Waals surface area contributed by atoms with E-state index in [-0.39, 0.29) is 5.25 Å². The van der Waals surface area contributed by atoms with Crippen LogP contribution in [0.1, 0.15) is 13.3 Å². The highest BCUT2D eigenvalue weighted by molar-refractivity contribution is 14.1. The van der Waals surface area contributed by atoms with Crippen molar-refractivity contribution >= 4 is 40.3 Å². The summed E-state index contributed by atoms with van der Waals surface area (Å²) in [5, 5.41) is 8.56. The maximum atomic E-state index is 10.8. The van der Waals surface area contributed by atoms with Gasteiger partial charge in [0.05, 0.1) is 0 Å². The van der Waals surface area contributed by atoms with E-state index in [0.29, 0.717) is 6.42 Å². The minimum atomic E-state index is -0.739. The summed E-state index contributed by atoms with van der Waals surface area (Å²) < 4.78 is 1.11. The number of hydrogen-bond donors (Lipinski definition) is 1. The third kappa shape index (κ3) is 3.16. The lowest BCUT2D eigenvalue weighted by atomic mass is 10.3. The van der Waals surface area contributed by atoms with E-state index in [0.717, 1.165) is 8.47 Å². The molecule has 0 saturated carbocycles. The molecule has 2 nitrogen and oxygen atoms in total. The number of carbonyl (C=O) groups is 1. The Morgan fingerprint density at radius 2 is 2.21 bits per heavy atom. The molecule has 0 radical (unpaired) electrons. The summed E-state index contributed by atoms with van der Waals surface area (Å²) in [7, 11) is 0. The van der Waals surface area contributed by atoms with E-state index < -0.39 is 5.97 Å². The Morgan fingerprint density at radius 3 is 2.71 bits per heavy atom. The first-order chi connectivity index (χ1) is 6.65. The van der Waals surface area contributed by atoms with E-state index in [2.05, 4.69) is 22.6 Å². The smallest absolute Gasteiger partial charge is 0.316 e. The second-order valence-electron chi connectivity index (χ2n) is 2.78. The summed E-state index contributed by atoms with van der Waals surface area (Å²) in [6, 6.07) is 7.82. The molecule has 1 unspecified atom stereocenters. The summed E-state index contributed by atoms with van der Waals surface area (Å²) in [4.78, 5) is 11.9. The van der Waals surface area contributed by atoms with Gasteiger partial charge < -0.3 is 5.11 Å². The first-order valence-electron chi connectivity index (χ1n) is 4.29. The Hall–Kier alpha value is -0.230. The third-order valence-corrected chi connectivity index (χ3v) is 4.49. The quantitative estimate of drug-likeness (QED) is 0.683. The van der Waals surface area contributed by atoms with Gasteiger partial charge >= 0.3 is 5.97 Å². The molecule has 0 aliphatic heterocycles. The van der Waals surface area contributed by atoms with Crippen molar-refractivity contribution in [1.82, 2.24) is 0 Å². The van der Waals surface area contributed by atoms with Gasteiger partial charge in [0.1, 0.15) is 5.25 Å². The van der Waals surface area contributed by atoms with E-state index in [1.54, 1.807) is 0 Å². The summed E-state index contributed by atoms with van der Waals surface area (Å²) >= 11 is 3.64. The molecule has 0 amide bonds. The lowest BCUT2D eigenvalue weighted by Crippen LogP contribution is -2.14. The summed E-state index contributed by atoms with van der Waals surface area (Å²) in [5.41, 5.74) is 0. The molecule has 14 heavy (non-hydrogen) atoms. The van der Waals surface area contributed by atoms with Crippen LogP contribution in [0.5, 0.6) is 0 Å². The second kappa shape index (κ2) is 5.60. The third-order valence-electron chi connectivity index (χ3n) is 1.75. The van der Waals surface area contributed by atoms with Crippen LogP contribution in [0.3, 0.4) is 0 Å². The number of thioether (sulfide) groups is 1. The van der Waals surface area contributed by atoms with Gasteiger partial charge in [0, 0.05) is 8.47 Å². The minimum absolute atomic E-state index is 0.342. The zero-order chi connectivity index (χ0) is 10.6. The van der Waals surface area contributed by atoms with Crippen molar-refractivity contribution in [2.75, 3.05) is 0 Å². The standard InChI is InChI=1S/C10H11IO2S/c1-2-8(10(12)13)14-9-6-4-3-5-7(9)11/h3-6,8H,2H2,1H3,(H,12,13). The minimum Gasteiger partial charge on any atom is -0.480 e. The SMILES string of the molecule is CCC(Sc1ccccc1I)C(=O)O. The van der Waals surface area contributed by atoms with E-state index in [9.17, 15) is 4.79 Å². The predicted octanol–water partition coefficient (Wildman–Crippen LogP) is 3.25. The van der Waals surface area contributed by atoms with Crippen molar-refractivity contribution in [2.45, 2.75) is 23.5 Å². The first-order valence-corrected chi connectivity index (χ1v) is 6.25. The molecule has 1 atom stereocenters. The van der Waals surface area contributed by atoms with Gasteiger partial charge in [0.25, 0.3) is 0 Å². The second-order valence-corrected chi connectivity index (χ2v) is 5.19. The number of halogens is 1. The summed E-state index contributed by atoms with van der Waals surface area (Å²) in [6.45, 7) is 1.89. The average molecular weight is 322 g/mol. The topological polar surface area (TPSA) is 37.3 Å². The Labute approximate surface area is 101 Å². The van der Waals surface area contributed by atoms with Gasteiger partial charge in [-0.25, -0.2) is 0 Å². The summed E-state index contributed by atoms with van der Waals surface area (Å²) in [6.07, 6.45) is 0.644. The molecule has 0 spiro atoms. The van der Waals surface area contributed by atoms with Crippen LogP contribution in [0.25, 0.3) is 0 Å². The Balaban J connectivity index is 2.77. The van der Waals surface area contributed by atoms with Crippen LogP contribution in [0.4, 0.5) is 0 Å². The van der Waals surface area contributed by atoms with Crippen LogP contribution in [0.15, 0.2) is 29.2 Å². The van der Waals surface area contributed by atoms with Crippen molar-refractivity contribution in [1.29, 1.82) is 0 Å². The van der Waals surface area contributed by atoms with Crippen molar-refractivity contribution in [3.63, 3.8) is 0 Å². The van der Waals surface area contributed by atoms with Gasteiger partial charge in [0.2, 0.25) is 0 Å². The van der Waals surface area contributed by atoms with Crippen LogP contribution in [0.2, 0.25) is 0 Å². The molecular formula is C10H11IO2S. The molecule has 1 rings (SSSR count). The molecule has 0 saturated heterocycles. The molecular weight excluding hydrogens is 311 g/mol. The van der Waals surface area contributed by atoms with Gasteiger partial charge in [-0.3, -0.25) is 4.79 Å². The van der Waals surface area contributed by atoms with E-state index in [1.165, 1.54) is 11.8 Å². The van der Waals surface area contributed by atoms with Crippen LogP contribution in [-0.4, -0.2) is 16.3 Å². The maximum absolute atomic E-state index is 10.8. The Morgan fingerprint density at radius 1 is 1.57 bits per heavy atom. The molecule has 0 heterocycles. The van der Waals surface area contributed by atoms with Crippen LogP contribution in [-0.2, 0) is 4.79 Å². The average Bonchev–Trinajstić information content (AvgIpc) is 2.16. The molecule has 0 aromatic heterocycles. The van der Waals surface area contributed by atoms with Crippen molar-refractivity contribution in [3.8, 4) is 0 Å². The number of rotatable bonds is 4. The van der Waals surface area contributed by atoms with Gasteiger partial charge in [-0.15, -0.1) is 11.8 Å².